The van der Waals surface area contributed by atoms with Gasteiger partial charge in [0.15, 0.2) is 17.3 Å². The number of nitrogens with zero attached hydrogens (tertiary/aromatic N) is 3. The molecule has 2 saturated heterocycles. The van der Waals surface area contributed by atoms with E-state index in [0.717, 1.165) is 11.0 Å². The first kappa shape index (κ1) is 36.7. The molecule has 6 amide bonds. The SMILES string of the molecule is Cc1c([C@@H](NC(=O)N2CCN(C3CCN(C(=O)c4ccc(O)cc4)CC3)C2=O)C(=O)N[C@H]2Cc3ccc(F)c(C(=O)O)c3OB2O)cc(F)c(O)c1O. The Morgan fingerprint density at radius 2 is 1.62 bits per heavy atom. The summed E-state index contributed by atoms with van der Waals surface area (Å²) in [5.74, 6) is -9.12. The molecule has 0 aliphatic carbocycles. The molecule has 3 aromatic carbocycles. The molecule has 6 rings (SSSR count). The summed E-state index contributed by atoms with van der Waals surface area (Å²) in [5.41, 5.74) is -0.795. The molecule has 53 heavy (non-hydrogen) atoms. The standard InChI is InChI=1S/C34H34BF2N5O11/c1-16-21(15-23(37)28(45)27(16)44)26(30(46)38-24-14-18-4-7-22(36)25(32(48)49)29(18)53-35(24)52)39-33(50)42-13-12-41(34(42)51)19-8-10-40(11-9-19)31(47)17-2-5-20(43)6-3-17/h2-7,15,19,24,26,43-45,52H,8-14H2,1H3,(H,38,46)(H,39,50)(H,48,49)/t24-,26+/m0/s1. The van der Waals surface area contributed by atoms with Crippen molar-refractivity contribution in [2.45, 2.75) is 44.2 Å². The van der Waals surface area contributed by atoms with Gasteiger partial charge in [0, 0.05) is 43.3 Å². The molecule has 0 saturated carbocycles. The lowest BCUT2D eigenvalue weighted by Gasteiger charge is -2.36. The number of benzene rings is 3. The number of carboxylic acids is 1. The van der Waals surface area contributed by atoms with Gasteiger partial charge in [-0.3, -0.25) is 9.59 Å². The number of halogens is 2. The van der Waals surface area contributed by atoms with Crippen molar-refractivity contribution in [3.63, 3.8) is 0 Å². The summed E-state index contributed by atoms with van der Waals surface area (Å²) in [6.07, 6.45) is 0.574. The van der Waals surface area contributed by atoms with E-state index in [4.69, 9.17) is 4.65 Å². The number of carboxylic acid groups (broad SMARTS) is 1. The Hall–Kier alpha value is -6.11. The van der Waals surface area contributed by atoms with Crippen molar-refractivity contribution in [2.24, 2.45) is 0 Å². The van der Waals surface area contributed by atoms with Crippen molar-refractivity contribution < 1.29 is 62.9 Å². The first-order chi connectivity index (χ1) is 25.2. The van der Waals surface area contributed by atoms with Crippen molar-refractivity contribution >= 4 is 37.0 Å². The molecule has 0 radical (unpaired) electrons. The van der Waals surface area contributed by atoms with E-state index in [9.17, 15) is 58.2 Å². The van der Waals surface area contributed by atoms with Crippen LogP contribution in [-0.4, -0.2) is 115 Å². The average Bonchev–Trinajstić information content (AvgIpc) is 3.52. The van der Waals surface area contributed by atoms with Gasteiger partial charge in [-0.1, -0.05) is 6.07 Å². The first-order valence-electron chi connectivity index (χ1n) is 16.5. The Bertz CT molecular complexity index is 1990. The van der Waals surface area contributed by atoms with Crippen molar-refractivity contribution in [1.29, 1.82) is 0 Å². The molecule has 16 nitrogen and oxygen atoms in total. The van der Waals surface area contributed by atoms with Gasteiger partial charge in [-0.05, 0) is 73.7 Å². The molecular weight excluding hydrogens is 703 g/mol. The molecule has 7 N–H and O–H groups in total. The number of carbonyl (C=O) groups excluding carboxylic acids is 4. The number of nitrogens with one attached hydrogen (secondary N) is 2. The highest BCUT2D eigenvalue weighted by atomic mass is 19.1. The van der Waals surface area contributed by atoms with Gasteiger partial charge in [0.05, 0.1) is 5.94 Å². The number of hydrogen-bond donors (Lipinski definition) is 7. The zero-order chi connectivity index (χ0) is 38.3. The summed E-state index contributed by atoms with van der Waals surface area (Å²) in [7, 11) is -1.90. The highest BCUT2D eigenvalue weighted by Crippen LogP contribution is 2.37. The number of aromatic hydroxyl groups is 3. The molecule has 3 aliphatic heterocycles. The Morgan fingerprint density at radius 3 is 2.28 bits per heavy atom. The third-order valence-corrected chi connectivity index (χ3v) is 9.71. The molecule has 19 heteroatoms. The average molecular weight is 737 g/mol. The Labute approximate surface area is 300 Å². The number of rotatable bonds is 7. The van der Waals surface area contributed by atoms with Gasteiger partial charge in [-0.15, -0.1) is 0 Å². The third-order valence-electron chi connectivity index (χ3n) is 9.71. The maximum absolute atomic E-state index is 14.7. The van der Waals surface area contributed by atoms with Gasteiger partial charge in [0.2, 0.25) is 5.91 Å². The number of urea groups is 2. The number of imide groups is 1. The molecule has 2 fully saturated rings. The van der Waals surface area contributed by atoms with E-state index in [0.29, 0.717) is 37.6 Å². The van der Waals surface area contributed by atoms with Crippen LogP contribution < -0.4 is 15.3 Å². The number of fused-ring (bicyclic) bond motifs is 1. The van der Waals surface area contributed by atoms with Crippen molar-refractivity contribution in [1.82, 2.24) is 25.3 Å². The van der Waals surface area contributed by atoms with Gasteiger partial charge in [0.25, 0.3) is 5.91 Å². The number of carbonyl (C=O) groups is 5. The van der Waals surface area contributed by atoms with Gasteiger partial charge in [-0.2, -0.15) is 0 Å². The zero-order valence-corrected chi connectivity index (χ0v) is 28.1. The summed E-state index contributed by atoms with van der Waals surface area (Å²) in [6, 6.07) is 4.76. The minimum Gasteiger partial charge on any atom is -0.534 e. The molecule has 0 bridgehead atoms. The smallest absolute Gasteiger partial charge is 0.534 e. The zero-order valence-electron chi connectivity index (χ0n) is 28.1. The molecule has 278 valence electrons. The fraction of sp³-hybridized carbons (Fsp3) is 0.324. The molecule has 0 unspecified atom stereocenters. The van der Waals surface area contributed by atoms with E-state index in [-0.39, 0.29) is 53.9 Å². The maximum atomic E-state index is 14.7. The second kappa shape index (κ2) is 14.5. The number of piperidine rings is 1. The Morgan fingerprint density at radius 1 is 0.943 bits per heavy atom. The summed E-state index contributed by atoms with van der Waals surface area (Å²) in [4.78, 5) is 69.5. The second-order valence-corrected chi connectivity index (χ2v) is 12.9. The van der Waals surface area contributed by atoms with Crippen LogP contribution in [0, 0.1) is 18.6 Å². The number of likely N-dealkylation sites (tertiary alicyclic amines) is 1. The second-order valence-electron chi connectivity index (χ2n) is 12.9. The number of amides is 6. The van der Waals surface area contributed by atoms with Crippen LogP contribution in [0.1, 0.15) is 56.3 Å². The number of phenolic OH excluding ortho intramolecular Hbond substituents is 3. The maximum Gasteiger partial charge on any atom is 0.547 e. The van der Waals surface area contributed by atoms with Crippen LogP contribution in [-0.2, 0) is 11.2 Å². The quantitative estimate of drug-likeness (QED) is 0.137. The van der Waals surface area contributed by atoms with E-state index >= 15 is 0 Å². The van der Waals surface area contributed by atoms with E-state index < -0.39 is 77.5 Å². The summed E-state index contributed by atoms with van der Waals surface area (Å²) >= 11 is 0. The van der Waals surface area contributed by atoms with E-state index in [2.05, 4.69) is 10.6 Å². The predicted molar refractivity (Wildman–Crippen MR) is 179 cm³/mol. The van der Waals surface area contributed by atoms with Crippen LogP contribution in [0.3, 0.4) is 0 Å². The largest absolute Gasteiger partial charge is 0.547 e. The highest BCUT2D eigenvalue weighted by Gasteiger charge is 2.43. The van der Waals surface area contributed by atoms with Gasteiger partial charge in [-0.25, -0.2) is 28.1 Å². The van der Waals surface area contributed by atoms with Gasteiger partial charge >= 0.3 is 25.1 Å². The van der Waals surface area contributed by atoms with Gasteiger partial charge in [0.1, 0.15) is 28.9 Å². The van der Waals surface area contributed by atoms with Crippen LogP contribution in [0.4, 0.5) is 18.4 Å². The van der Waals surface area contributed by atoms with Crippen LogP contribution in [0.15, 0.2) is 42.5 Å². The Balaban J connectivity index is 1.17. The topological polar surface area (TPSA) is 230 Å². The van der Waals surface area contributed by atoms with Crippen molar-refractivity contribution in [3.8, 4) is 23.0 Å². The fourth-order valence-corrected chi connectivity index (χ4v) is 6.80. The summed E-state index contributed by atoms with van der Waals surface area (Å²) in [6.45, 7) is 1.94. The van der Waals surface area contributed by atoms with Crippen molar-refractivity contribution in [3.05, 3.63) is 81.9 Å². The monoisotopic (exact) mass is 737 g/mol. The van der Waals surface area contributed by atoms with E-state index in [1.165, 1.54) is 42.2 Å². The molecule has 3 aromatic rings. The third kappa shape index (κ3) is 7.06. The summed E-state index contributed by atoms with van der Waals surface area (Å²) in [5, 5.41) is 54.8. The number of hydrogen-bond acceptors (Lipinski definition) is 10. The first-order valence-corrected chi connectivity index (χ1v) is 16.5. The fourth-order valence-electron chi connectivity index (χ4n) is 6.80. The minimum absolute atomic E-state index is 0.0251. The molecular formula is C34H34BF2N5O11. The normalized spacial score (nSPS) is 18.0. The van der Waals surface area contributed by atoms with Crippen molar-refractivity contribution in [2.75, 3.05) is 26.2 Å². The lowest BCUT2D eigenvalue weighted by atomic mass is 9.72. The minimum atomic E-state index is -1.90. The molecule has 2 atom stereocenters. The number of aromatic carboxylic acids is 1. The Kier molecular flexibility index (Phi) is 10.0. The van der Waals surface area contributed by atoms with Crippen LogP contribution in [0.2, 0.25) is 0 Å². The lowest BCUT2D eigenvalue weighted by Crippen LogP contribution is -2.56. The van der Waals surface area contributed by atoms with Crippen LogP contribution >= 0.6 is 0 Å². The highest BCUT2D eigenvalue weighted by molar-refractivity contribution is 6.47. The number of phenols is 3. The molecule has 3 aliphatic rings. The molecule has 0 aromatic heterocycles. The van der Waals surface area contributed by atoms with Gasteiger partial charge < -0.3 is 50.5 Å². The summed E-state index contributed by atoms with van der Waals surface area (Å²) < 4.78 is 34.2. The predicted octanol–water partition coefficient (Wildman–Crippen LogP) is 2.02. The van der Waals surface area contributed by atoms with Crippen LogP contribution in [0.25, 0.3) is 0 Å². The molecule has 3 heterocycles. The van der Waals surface area contributed by atoms with Crippen LogP contribution in [0.5, 0.6) is 23.0 Å². The molecule has 0 spiro atoms. The lowest BCUT2D eigenvalue weighted by molar-refractivity contribution is -0.123. The van der Waals surface area contributed by atoms with E-state index in [1.807, 2.05) is 0 Å². The van der Waals surface area contributed by atoms with E-state index in [1.54, 1.807) is 4.90 Å².